The molecule has 0 saturated carbocycles. The van der Waals surface area contributed by atoms with E-state index in [0.717, 1.165) is 56.0 Å². The van der Waals surface area contributed by atoms with Crippen molar-refractivity contribution in [2.75, 3.05) is 19.0 Å². The minimum Gasteiger partial charge on any atom is -0.381 e. The van der Waals surface area contributed by atoms with E-state index in [1.54, 1.807) is 0 Å². The summed E-state index contributed by atoms with van der Waals surface area (Å²) in [6.07, 6.45) is 8.12. The second-order valence-corrected chi connectivity index (χ2v) is 10.2. The molecule has 3 nitrogen and oxygen atoms in total. The van der Waals surface area contributed by atoms with Gasteiger partial charge in [-0.25, -0.2) is 0 Å². The largest absolute Gasteiger partial charge is 0.381 e. The molecule has 0 aliphatic rings. The van der Waals surface area contributed by atoms with Crippen molar-refractivity contribution < 1.29 is 14.5 Å². The Morgan fingerprint density at radius 3 is 2.18 bits per heavy atom. The minimum atomic E-state index is -3.01. The first-order valence-electron chi connectivity index (χ1n) is 6.34. The van der Waals surface area contributed by atoms with E-state index in [9.17, 15) is 0 Å². The summed E-state index contributed by atoms with van der Waals surface area (Å²) >= 11 is 5.65. The summed E-state index contributed by atoms with van der Waals surface area (Å²) in [5.41, 5.74) is -3.01. The smallest absolute Gasteiger partial charge is 0.242 e. The quantitative estimate of drug-likeness (QED) is 0.425. The van der Waals surface area contributed by atoms with Crippen molar-refractivity contribution in [3.8, 4) is 0 Å². The first kappa shape index (κ1) is 17.9. The van der Waals surface area contributed by atoms with Crippen molar-refractivity contribution in [1.29, 1.82) is 0 Å². The van der Waals surface area contributed by atoms with E-state index in [1.807, 2.05) is 0 Å². The predicted octanol–water partition coefficient (Wildman–Crippen LogP) is 3.70. The van der Waals surface area contributed by atoms with E-state index in [2.05, 4.69) is 18.7 Å². The zero-order valence-corrected chi connectivity index (χ0v) is 13.2. The topological polar surface area (TPSA) is 49.7 Å². The molecule has 0 heterocycles. The average Bonchev–Trinajstić information content (AvgIpc) is 2.24. The predicted molar refractivity (Wildman–Crippen MR) is 80.0 cm³/mol. The fourth-order valence-corrected chi connectivity index (χ4v) is 3.79. The van der Waals surface area contributed by atoms with Crippen LogP contribution in [-0.2, 0) is 16.5 Å². The Labute approximate surface area is 114 Å². The van der Waals surface area contributed by atoms with Gasteiger partial charge in [0.1, 0.15) is 0 Å². The highest BCUT2D eigenvalue weighted by Crippen LogP contribution is 2.50. The van der Waals surface area contributed by atoms with E-state index in [1.165, 1.54) is 19.3 Å². The van der Waals surface area contributed by atoms with Gasteiger partial charge in [-0.05, 0) is 31.1 Å². The number of ether oxygens (including phenoxy) is 1. The second kappa shape index (κ2) is 11.9. The molecular formula is C11H25O3PS2. The van der Waals surface area contributed by atoms with Gasteiger partial charge in [0.2, 0.25) is 5.69 Å². The molecule has 0 aromatic carbocycles. The van der Waals surface area contributed by atoms with Gasteiger partial charge in [-0.1, -0.05) is 44.0 Å². The highest BCUT2D eigenvalue weighted by atomic mass is 32.9. The lowest BCUT2D eigenvalue weighted by molar-refractivity contribution is 0.130. The maximum atomic E-state index is 8.99. The fourth-order valence-electron chi connectivity index (χ4n) is 1.44. The van der Waals surface area contributed by atoms with Gasteiger partial charge < -0.3 is 14.5 Å². The second-order valence-electron chi connectivity index (χ2n) is 4.06. The van der Waals surface area contributed by atoms with Crippen LogP contribution in [0, 0.1) is 0 Å². The Hall–Kier alpha value is 0.880. The van der Waals surface area contributed by atoms with Crippen LogP contribution in [0.25, 0.3) is 0 Å². The SMILES string of the molecule is CCCOCCCCCCCCSP(O)(O)=S. The van der Waals surface area contributed by atoms with E-state index in [4.69, 9.17) is 14.5 Å². The van der Waals surface area contributed by atoms with Crippen LogP contribution in [-0.4, -0.2) is 28.8 Å². The monoisotopic (exact) mass is 300 g/mol. The maximum absolute atomic E-state index is 8.99. The highest BCUT2D eigenvalue weighted by molar-refractivity contribution is 8.67. The van der Waals surface area contributed by atoms with Gasteiger partial charge in [0.05, 0.1) is 0 Å². The standard InChI is InChI=1S/C11H25O3PS2/c1-2-9-14-10-7-5-3-4-6-8-11-17-15(12,13)16/h2-11H2,1H3,(H2,12,13,16). The van der Waals surface area contributed by atoms with Gasteiger partial charge in [-0.3, -0.25) is 0 Å². The van der Waals surface area contributed by atoms with Crippen LogP contribution < -0.4 is 0 Å². The Morgan fingerprint density at radius 2 is 1.59 bits per heavy atom. The van der Waals surface area contributed by atoms with E-state index in [-0.39, 0.29) is 0 Å². The van der Waals surface area contributed by atoms with Crippen molar-refractivity contribution in [2.45, 2.75) is 51.9 Å². The number of unbranched alkanes of at least 4 members (excludes halogenated alkanes) is 5. The van der Waals surface area contributed by atoms with Gasteiger partial charge in [0.15, 0.2) is 0 Å². The molecule has 0 saturated heterocycles. The minimum absolute atomic E-state index is 0.768. The highest BCUT2D eigenvalue weighted by Gasteiger charge is 2.06. The summed E-state index contributed by atoms with van der Waals surface area (Å²) in [5.74, 6) is 0.768. The molecule has 0 fully saturated rings. The lowest BCUT2D eigenvalue weighted by Crippen LogP contribution is -1.95. The van der Waals surface area contributed by atoms with Crippen LogP contribution in [0.15, 0.2) is 0 Å². The average molecular weight is 300 g/mol. The van der Waals surface area contributed by atoms with Crippen molar-refractivity contribution in [3.05, 3.63) is 0 Å². The van der Waals surface area contributed by atoms with Crippen molar-refractivity contribution in [1.82, 2.24) is 0 Å². The molecule has 0 aromatic heterocycles. The molecule has 17 heavy (non-hydrogen) atoms. The number of rotatable bonds is 12. The summed E-state index contributed by atoms with van der Waals surface area (Å²) in [7, 11) is 0. The molecule has 2 N–H and O–H groups in total. The van der Waals surface area contributed by atoms with E-state index in [0.29, 0.717) is 0 Å². The first-order valence-corrected chi connectivity index (χ1v) is 10.6. The molecule has 0 aromatic rings. The van der Waals surface area contributed by atoms with Crippen LogP contribution in [0.5, 0.6) is 0 Å². The zero-order valence-electron chi connectivity index (χ0n) is 10.6. The summed E-state index contributed by atoms with van der Waals surface area (Å²) in [6, 6.07) is 0. The third-order valence-corrected chi connectivity index (χ3v) is 5.60. The summed E-state index contributed by atoms with van der Waals surface area (Å²) < 4.78 is 5.40. The molecule has 0 amide bonds. The van der Waals surface area contributed by atoms with Crippen LogP contribution in [0.4, 0.5) is 0 Å². The van der Waals surface area contributed by atoms with Crippen molar-refractivity contribution in [2.24, 2.45) is 0 Å². The van der Waals surface area contributed by atoms with Gasteiger partial charge in [0, 0.05) is 19.0 Å². The van der Waals surface area contributed by atoms with Crippen LogP contribution >= 0.6 is 17.1 Å². The molecule has 0 radical (unpaired) electrons. The first-order chi connectivity index (χ1) is 8.06. The van der Waals surface area contributed by atoms with Crippen molar-refractivity contribution >= 4 is 28.9 Å². The third-order valence-electron chi connectivity index (χ3n) is 2.29. The number of hydrogen-bond acceptors (Lipinski definition) is 3. The van der Waals surface area contributed by atoms with E-state index >= 15 is 0 Å². The molecule has 0 unspecified atom stereocenters. The lowest BCUT2D eigenvalue weighted by Gasteiger charge is -2.06. The summed E-state index contributed by atoms with van der Waals surface area (Å²) in [4.78, 5) is 18.0. The van der Waals surface area contributed by atoms with E-state index < -0.39 is 5.69 Å². The molecule has 0 aliphatic heterocycles. The zero-order chi connectivity index (χ0) is 13.0. The number of hydrogen-bond donors (Lipinski definition) is 2. The molecular weight excluding hydrogens is 275 g/mol. The van der Waals surface area contributed by atoms with Gasteiger partial charge >= 0.3 is 0 Å². The molecule has 0 aliphatic carbocycles. The van der Waals surface area contributed by atoms with Gasteiger partial charge in [-0.2, -0.15) is 0 Å². The molecule has 6 heteroatoms. The Kier molecular flexibility index (Phi) is 12.6. The normalized spacial score (nSPS) is 11.9. The van der Waals surface area contributed by atoms with Crippen molar-refractivity contribution in [3.63, 3.8) is 0 Å². The molecule has 0 atom stereocenters. The lowest BCUT2D eigenvalue weighted by atomic mass is 10.1. The molecule has 0 bridgehead atoms. The summed E-state index contributed by atoms with van der Waals surface area (Å²) in [6.45, 7) is 3.89. The third kappa shape index (κ3) is 16.9. The van der Waals surface area contributed by atoms with Crippen LogP contribution in [0.1, 0.15) is 51.9 Å². The summed E-state index contributed by atoms with van der Waals surface area (Å²) in [5, 5.41) is 0. The van der Waals surface area contributed by atoms with Gasteiger partial charge in [0.25, 0.3) is 0 Å². The Balaban J connectivity index is 3.01. The van der Waals surface area contributed by atoms with Gasteiger partial charge in [-0.15, -0.1) is 0 Å². The maximum Gasteiger partial charge on any atom is 0.242 e. The van der Waals surface area contributed by atoms with Crippen LogP contribution in [0.3, 0.4) is 0 Å². The fraction of sp³-hybridized carbons (Fsp3) is 1.00. The molecule has 0 rings (SSSR count). The van der Waals surface area contributed by atoms with Crippen LogP contribution in [0.2, 0.25) is 0 Å². The Bertz CT molecular complexity index is 209. The Morgan fingerprint density at radius 1 is 1.00 bits per heavy atom. The molecule has 104 valence electrons. The molecule has 0 spiro atoms.